The fraction of sp³-hybridized carbons (Fsp3) is 0.909. The molecule has 5 nitrogen and oxygen atoms in total. The van der Waals surface area contributed by atoms with Crippen LogP contribution in [-0.4, -0.2) is 58.0 Å². The molecule has 7 heteroatoms. The molecule has 0 aromatic carbocycles. The summed E-state index contributed by atoms with van der Waals surface area (Å²) in [7, 11) is -1.17. The largest absolute Gasteiger partial charge is 0.355 e. The van der Waals surface area contributed by atoms with Gasteiger partial charge in [0.25, 0.3) is 0 Å². The Morgan fingerprint density at radius 2 is 1.94 bits per heavy atom. The second-order valence-electron chi connectivity index (χ2n) is 4.77. The molecule has 1 aliphatic heterocycles. The molecule has 0 bridgehead atoms. The highest BCUT2D eigenvalue weighted by molar-refractivity contribution is 14.0. The molecule has 0 atom stereocenters. The first kappa shape index (κ1) is 17.9. The fourth-order valence-electron chi connectivity index (χ4n) is 1.90. The fourth-order valence-corrected chi connectivity index (χ4v) is 2.37. The Bertz CT molecular complexity index is 362. The van der Waals surface area contributed by atoms with Crippen molar-refractivity contribution in [2.24, 2.45) is 10.9 Å². The Kier molecular flexibility index (Phi) is 8.16. The summed E-state index contributed by atoms with van der Waals surface area (Å²) in [5.74, 6) is 1.75. The van der Waals surface area contributed by atoms with Crippen molar-refractivity contribution >= 4 is 39.8 Å². The van der Waals surface area contributed by atoms with E-state index in [4.69, 9.17) is 0 Å². The van der Waals surface area contributed by atoms with E-state index in [1.807, 2.05) is 0 Å². The summed E-state index contributed by atoms with van der Waals surface area (Å²) in [6.45, 7) is 4.69. The maximum absolute atomic E-state index is 11.0. The Balaban J connectivity index is 0.00000289. The third-order valence-corrected chi connectivity index (χ3v) is 4.00. The Morgan fingerprint density at radius 3 is 2.39 bits per heavy atom. The van der Waals surface area contributed by atoms with Gasteiger partial charge in [0, 0.05) is 32.9 Å². The zero-order chi connectivity index (χ0) is 12.9. The zero-order valence-electron chi connectivity index (χ0n) is 11.3. The van der Waals surface area contributed by atoms with Crippen LogP contribution in [0.25, 0.3) is 0 Å². The van der Waals surface area contributed by atoms with Gasteiger partial charge < -0.3 is 10.2 Å². The predicted molar refractivity (Wildman–Crippen MR) is 86.5 cm³/mol. The van der Waals surface area contributed by atoms with Crippen LogP contribution >= 0.6 is 24.0 Å². The van der Waals surface area contributed by atoms with Crippen molar-refractivity contribution in [3.05, 3.63) is 0 Å². The van der Waals surface area contributed by atoms with Crippen molar-refractivity contribution in [2.45, 2.75) is 19.8 Å². The lowest BCUT2D eigenvalue weighted by Crippen LogP contribution is -2.46. The number of nitrogens with one attached hydrogen (secondary N) is 1. The van der Waals surface area contributed by atoms with Gasteiger partial charge in [-0.25, -0.2) is 8.42 Å². The molecular formula is C11H24IN3O2S. The van der Waals surface area contributed by atoms with E-state index in [-0.39, 0.29) is 29.7 Å². The highest BCUT2D eigenvalue weighted by Crippen LogP contribution is 2.15. The van der Waals surface area contributed by atoms with Gasteiger partial charge in [-0.1, -0.05) is 6.92 Å². The number of nitrogens with zero attached hydrogens (tertiary/aromatic N) is 2. The van der Waals surface area contributed by atoms with Gasteiger partial charge in [0.2, 0.25) is 0 Å². The van der Waals surface area contributed by atoms with Crippen LogP contribution in [0.15, 0.2) is 4.99 Å². The third-order valence-electron chi connectivity index (χ3n) is 3.05. The first-order valence-electron chi connectivity index (χ1n) is 6.05. The molecule has 0 saturated carbocycles. The molecule has 1 aliphatic rings. The van der Waals surface area contributed by atoms with Crippen LogP contribution in [0, 0.1) is 5.92 Å². The maximum atomic E-state index is 11.0. The van der Waals surface area contributed by atoms with Gasteiger partial charge in [-0.15, -0.1) is 24.0 Å². The third kappa shape index (κ3) is 6.77. The number of aliphatic imine (C=N–C) groups is 1. The van der Waals surface area contributed by atoms with E-state index in [9.17, 15) is 8.42 Å². The van der Waals surface area contributed by atoms with Gasteiger partial charge in [0.15, 0.2) is 5.96 Å². The van der Waals surface area contributed by atoms with Crippen molar-refractivity contribution in [3.63, 3.8) is 0 Å². The van der Waals surface area contributed by atoms with Crippen molar-refractivity contribution in [1.82, 2.24) is 10.2 Å². The number of hydrogen-bond acceptors (Lipinski definition) is 3. The number of likely N-dealkylation sites (tertiary alicyclic amines) is 1. The molecule has 0 spiro atoms. The van der Waals surface area contributed by atoms with Crippen LogP contribution in [0.4, 0.5) is 0 Å². The lowest BCUT2D eigenvalue weighted by molar-refractivity contribution is 0.274. The van der Waals surface area contributed by atoms with Gasteiger partial charge in [-0.3, -0.25) is 4.99 Å². The molecule has 0 amide bonds. The molecule has 1 heterocycles. The summed E-state index contributed by atoms with van der Waals surface area (Å²) < 4.78 is 22.1. The zero-order valence-corrected chi connectivity index (χ0v) is 14.5. The highest BCUT2D eigenvalue weighted by atomic mass is 127. The summed E-state index contributed by atoms with van der Waals surface area (Å²) in [6.07, 6.45) is 3.60. The summed E-state index contributed by atoms with van der Waals surface area (Å²) in [4.78, 5) is 6.39. The number of piperidine rings is 1. The normalized spacial score (nSPS) is 18.4. The number of hydrogen-bond donors (Lipinski definition) is 1. The predicted octanol–water partition coefficient (Wildman–Crippen LogP) is 0.956. The summed E-state index contributed by atoms with van der Waals surface area (Å²) >= 11 is 0. The smallest absolute Gasteiger partial charge is 0.193 e. The molecule has 1 fully saturated rings. The minimum absolute atomic E-state index is 0. The quantitative estimate of drug-likeness (QED) is 0.444. The summed E-state index contributed by atoms with van der Waals surface area (Å²) in [6, 6.07) is 0. The van der Waals surface area contributed by atoms with E-state index in [1.54, 1.807) is 7.05 Å². The van der Waals surface area contributed by atoms with Gasteiger partial charge in [-0.05, 0) is 18.8 Å². The Labute approximate surface area is 127 Å². The Morgan fingerprint density at radius 1 is 1.39 bits per heavy atom. The maximum Gasteiger partial charge on any atom is 0.193 e. The monoisotopic (exact) mass is 389 g/mol. The van der Waals surface area contributed by atoms with E-state index in [1.165, 1.54) is 19.1 Å². The second kappa shape index (κ2) is 8.19. The van der Waals surface area contributed by atoms with E-state index in [0.717, 1.165) is 25.0 Å². The number of halogens is 1. The molecule has 1 N–H and O–H groups in total. The van der Waals surface area contributed by atoms with Crippen LogP contribution < -0.4 is 5.32 Å². The minimum atomic E-state index is -2.90. The van der Waals surface area contributed by atoms with Crippen molar-refractivity contribution in [3.8, 4) is 0 Å². The molecule has 0 aromatic rings. The lowest BCUT2D eigenvalue weighted by atomic mass is 10.00. The van der Waals surface area contributed by atoms with Crippen LogP contribution in [-0.2, 0) is 9.84 Å². The van der Waals surface area contributed by atoms with Crippen molar-refractivity contribution < 1.29 is 8.42 Å². The average molecular weight is 389 g/mol. The van der Waals surface area contributed by atoms with Gasteiger partial charge in [0.05, 0.1) is 5.75 Å². The molecular weight excluding hydrogens is 365 g/mol. The molecule has 0 aromatic heterocycles. The topological polar surface area (TPSA) is 61.8 Å². The molecule has 0 unspecified atom stereocenters. The van der Waals surface area contributed by atoms with Crippen LogP contribution in [0.2, 0.25) is 0 Å². The highest BCUT2D eigenvalue weighted by Gasteiger charge is 2.18. The number of guanidine groups is 1. The van der Waals surface area contributed by atoms with E-state index in [0.29, 0.717) is 6.54 Å². The number of sulfone groups is 1. The summed E-state index contributed by atoms with van der Waals surface area (Å²) in [5, 5.41) is 3.11. The van der Waals surface area contributed by atoms with E-state index >= 15 is 0 Å². The van der Waals surface area contributed by atoms with Crippen molar-refractivity contribution in [2.75, 3.05) is 38.7 Å². The molecule has 108 valence electrons. The summed E-state index contributed by atoms with van der Waals surface area (Å²) in [5.41, 5.74) is 0. The SMILES string of the molecule is CN=C(NCCS(C)(=O)=O)N1CCC(C)CC1.I. The second-order valence-corrected chi connectivity index (χ2v) is 7.03. The van der Waals surface area contributed by atoms with Gasteiger partial charge in [-0.2, -0.15) is 0 Å². The molecule has 1 rings (SSSR count). The molecule has 0 aliphatic carbocycles. The van der Waals surface area contributed by atoms with Gasteiger partial charge >= 0.3 is 0 Å². The van der Waals surface area contributed by atoms with Crippen LogP contribution in [0.3, 0.4) is 0 Å². The lowest BCUT2D eigenvalue weighted by Gasteiger charge is -2.32. The first-order chi connectivity index (χ1) is 7.92. The van der Waals surface area contributed by atoms with Gasteiger partial charge in [0.1, 0.15) is 9.84 Å². The molecule has 0 radical (unpaired) electrons. The first-order valence-corrected chi connectivity index (χ1v) is 8.12. The van der Waals surface area contributed by atoms with E-state index in [2.05, 4.69) is 22.1 Å². The Hall–Kier alpha value is -0.0500. The molecule has 18 heavy (non-hydrogen) atoms. The number of rotatable bonds is 3. The standard InChI is InChI=1S/C11H23N3O2S.HI/c1-10-4-7-14(8-5-10)11(12-2)13-6-9-17(3,15)16;/h10H,4-9H2,1-3H3,(H,12,13);1H. The molecule has 1 saturated heterocycles. The van der Waals surface area contributed by atoms with Crippen molar-refractivity contribution in [1.29, 1.82) is 0 Å². The minimum Gasteiger partial charge on any atom is -0.355 e. The average Bonchev–Trinajstić information content (AvgIpc) is 2.24. The van der Waals surface area contributed by atoms with E-state index < -0.39 is 9.84 Å². The van der Waals surface area contributed by atoms with Crippen LogP contribution in [0.1, 0.15) is 19.8 Å². The van der Waals surface area contributed by atoms with Crippen LogP contribution in [0.5, 0.6) is 0 Å².